The Bertz CT molecular complexity index is 977. The molecule has 2 N–H and O–H groups in total. The van der Waals surface area contributed by atoms with Gasteiger partial charge in [-0.1, -0.05) is 6.42 Å². The first-order valence-electron chi connectivity index (χ1n) is 9.43. The summed E-state index contributed by atoms with van der Waals surface area (Å²) in [5, 5.41) is 19.6. The van der Waals surface area contributed by atoms with Crippen molar-refractivity contribution in [3.05, 3.63) is 46.5 Å². The van der Waals surface area contributed by atoms with Gasteiger partial charge in [0.2, 0.25) is 0 Å². The molecule has 2 unspecified atom stereocenters. The number of nitriles is 1. The first kappa shape index (κ1) is 16.3. The number of fused-ring (bicyclic) bond motifs is 2. The van der Waals surface area contributed by atoms with Crippen LogP contribution in [0.15, 0.2) is 18.2 Å². The lowest BCUT2D eigenvalue weighted by Gasteiger charge is -2.28. The quantitative estimate of drug-likeness (QED) is 0.855. The normalized spacial score (nSPS) is 25.5. The lowest BCUT2D eigenvalue weighted by molar-refractivity contribution is 0.206. The van der Waals surface area contributed by atoms with Gasteiger partial charge in [-0.2, -0.15) is 10.4 Å². The van der Waals surface area contributed by atoms with Crippen LogP contribution in [0, 0.1) is 23.1 Å². The molecule has 0 spiro atoms. The van der Waals surface area contributed by atoms with Gasteiger partial charge in [0.15, 0.2) is 0 Å². The molecule has 0 saturated heterocycles. The second kappa shape index (κ2) is 5.81. The van der Waals surface area contributed by atoms with E-state index in [9.17, 15) is 9.18 Å². The van der Waals surface area contributed by atoms with E-state index in [1.807, 2.05) is 0 Å². The number of amides is 2. The summed E-state index contributed by atoms with van der Waals surface area (Å²) in [6.45, 7) is 1.14. The minimum absolute atomic E-state index is 0.0778. The Labute approximate surface area is 156 Å². The van der Waals surface area contributed by atoms with E-state index in [1.165, 1.54) is 55.1 Å². The molecule has 2 aromatic rings. The van der Waals surface area contributed by atoms with Crippen LogP contribution in [0.1, 0.15) is 48.2 Å². The van der Waals surface area contributed by atoms with Crippen molar-refractivity contribution in [2.75, 3.05) is 11.9 Å². The number of anilines is 1. The number of rotatable bonds is 2. The van der Waals surface area contributed by atoms with Gasteiger partial charge in [-0.05, 0) is 43.4 Å². The highest BCUT2D eigenvalue weighted by atomic mass is 19.1. The summed E-state index contributed by atoms with van der Waals surface area (Å²) in [6.07, 6.45) is 5.74. The summed E-state index contributed by atoms with van der Waals surface area (Å²) < 4.78 is 13.5. The number of hydrogen-bond donors (Lipinski definition) is 2. The first-order valence-corrected chi connectivity index (χ1v) is 9.43. The Morgan fingerprint density at radius 3 is 3.11 bits per heavy atom. The van der Waals surface area contributed by atoms with Crippen LogP contribution >= 0.6 is 0 Å². The number of aromatic amines is 1. The molecule has 1 aromatic heterocycles. The number of carbonyl (C=O) groups is 1. The minimum atomic E-state index is -0.587. The molecule has 27 heavy (non-hydrogen) atoms. The van der Waals surface area contributed by atoms with Gasteiger partial charge in [-0.3, -0.25) is 5.10 Å². The molecule has 138 valence electrons. The molecule has 2 heterocycles. The summed E-state index contributed by atoms with van der Waals surface area (Å²) in [6, 6.07) is 5.58. The van der Waals surface area contributed by atoms with E-state index in [0.717, 1.165) is 18.0 Å². The van der Waals surface area contributed by atoms with Crippen LogP contribution in [0.2, 0.25) is 0 Å². The smallest absolute Gasteiger partial charge is 0.320 e. The average molecular weight is 365 g/mol. The molecule has 1 aliphatic heterocycles. The Morgan fingerprint density at radius 1 is 1.48 bits per heavy atom. The van der Waals surface area contributed by atoms with Crippen LogP contribution in [-0.2, 0) is 18.4 Å². The van der Waals surface area contributed by atoms with E-state index in [1.54, 1.807) is 11.0 Å². The Balaban J connectivity index is 1.34. The molecular weight excluding hydrogens is 345 g/mol. The third-order valence-corrected chi connectivity index (χ3v) is 6.44. The van der Waals surface area contributed by atoms with E-state index in [-0.39, 0.29) is 17.0 Å². The number of benzene rings is 1. The van der Waals surface area contributed by atoms with Gasteiger partial charge in [0.05, 0.1) is 17.8 Å². The lowest BCUT2D eigenvalue weighted by Crippen LogP contribution is -2.39. The maximum atomic E-state index is 13.5. The second-order valence-corrected chi connectivity index (χ2v) is 7.89. The Hall–Kier alpha value is -2.88. The fraction of sp³-hybridized carbons (Fsp3) is 0.450. The lowest BCUT2D eigenvalue weighted by atomic mass is 9.92. The Morgan fingerprint density at radius 2 is 2.37 bits per heavy atom. The summed E-state index contributed by atoms with van der Waals surface area (Å²) in [7, 11) is 0. The summed E-state index contributed by atoms with van der Waals surface area (Å²) in [4.78, 5) is 14.5. The van der Waals surface area contributed by atoms with E-state index >= 15 is 0 Å². The number of H-pyrrole nitrogens is 1. The van der Waals surface area contributed by atoms with E-state index < -0.39 is 5.82 Å². The highest BCUT2D eigenvalue weighted by Gasteiger charge is 2.60. The number of nitrogens with zero attached hydrogens (tertiary/aromatic N) is 3. The van der Waals surface area contributed by atoms with Crippen LogP contribution in [0.4, 0.5) is 14.9 Å². The zero-order valence-corrected chi connectivity index (χ0v) is 14.9. The predicted octanol–water partition coefficient (Wildman–Crippen LogP) is 3.45. The largest absolute Gasteiger partial charge is 0.322 e. The van der Waals surface area contributed by atoms with Gasteiger partial charge in [0.1, 0.15) is 11.9 Å². The molecule has 2 saturated carbocycles. The molecule has 2 atom stereocenters. The maximum absolute atomic E-state index is 13.5. The molecule has 0 bridgehead atoms. The topological polar surface area (TPSA) is 84.8 Å². The van der Waals surface area contributed by atoms with Crippen molar-refractivity contribution >= 4 is 11.7 Å². The van der Waals surface area contributed by atoms with Crippen molar-refractivity contribution in [3.63, 3.8) is 0 Å². The number of aromatic nitrogens is 2. The maximum Gasteiger partial charge on any atom is 0.322 e. The van der Waals surface area contributed by atoms with Crippen molar-refractivity contribution in [3.8, 4) is 6.07 Å². The highest BCUT2D eigenvalue weighted by molar-refractivity contribution is 5.89. The van der Waals surface area contributed by atoms with Crippen LogP contribution in [0.5, 0.6) is 0 Å². The number of carbonyl (C=O) groups excluding carboxylic acids is 1. The van der Waals surface area contributed by atoms with Gasteiger partial charge in [-0.25, -0.2) is 9.18 Å². The van der Waals surface area contributed by atoms with Crippen molar-refractivity contribution in [1.29, 1.82) is 5.26 Å². The average Bonchev–Trinajstić information content (AvgIpc) is 3.04. The van der Waals surface area contributed by atoms with Crippen molar-refractivity contribution in [2.24, 2.45) is 5.92 Å². The minimum Gasteiger partial charge on any atom is -0.320 e. The zero-order valence-electron chi connectivity index (χ0n) is 14.9. The third-order valence-electron chi connectivity index (χ3n) is 6.44. The van der Waals surface area contributed by atoms with Crippen LogP contribution in [-0.4, -0.2) is 27.7 Å². The second-order valence-electron chi connectivity index (χ2n) is 7.89. The molecule has 5 rings (SSSR count). The molecule has 7 heteroatoms. The monoisotopic (exact) mass is 365 g/mol. The van der Waals surface area contributed by atoms with Crippen LogP contribution in [0.25, 0.3) is 0 Å². The number of hydrogen-bond acceptors (Lipinski definition) is 3. The van der Waals surface area contributed by atoms with Gasteiger partial charge in [0, 0.05) is 35.3 Å². The van der Waals surface area contributed by atoms with Gasteiger partial charge in [-0.15, -0.1) is 0 Å². The predicted molar refractivity (Wildman–Crippen MR) is 96.5 cm³/mol. The van der Waals surface area contributed by atoms with E-state index in [4.69, 9.17) is 5.26 Å². The molecule has 3 aliphatic rings. The number of nitrogens with one attached hydrogen (secondary N) is 2. The third kappa shape index (κ3) is 2.51. The van der Waals surface area contributed by atoms with E-state index in [0.29, 0.717) is 18.8 Å². The van der Waals surface area contributed by atoms with Crippen LogP contribution in [0.3, 0.4) is 0 Å². The zero-order chi connectivity index (χ0) is 18.6. The van der Waals surface area contributed by atoms with Gasteiger partial charge < -0.3 is 10.2 Å². The highest BCUT2D eigenvalue weighted by Crippen LogP contribution is 2.64. The molecule has 6 nitrogen and oxygen atoms in total. The molecular formula is C20H20FN5O. The Kier molecular flexibility index (Phi) is 3.51. The van der Waals surface area contributed by atoms with Crippen molar-refractivity contribution in [1.82, 2.24) is 15.1 Å². The van der Waals surface area contributed by atoms with Gasteiger partial charge >= 0.3 is 6.03 Å². The van der Waals surface area contributed by atoms with Gasteiger partial charge in [0.25, 0.3) is 0 Å². The number of halogens is 1. The summed E-state index contributed by atoms with van der Waals surface area (Å²) in [5.41, 5.74) is 4.10. The van der Waals surface area contributed by atoms with Crippen molar-refractivity contribution in [2.45, 2.75) is 44.1 Å². The fourth-order valence-corrected chi connectivity index (χ4v) is 4.91. The standard InChI is InChI=1S/C20H20FN5O/c21-16-4-3-14(8-12(16)10-22)23-19(27)26-7-5-17-15(11-26)18(25-24-17)20-6-1-2-13(20)9-20/h3-4,8,13H,1-2,5-7,9,11H2,(H,23,27)(H,24,25). The molecule has 1 aromatic carbocycles. The van der Waals surface area contributed by atoms with E-state index in [2.05, 4.69) is 15.5 Å². The summed E-state index contributed by atoms with van der Waals surface area (Å²) in [5.74, 6) is 0.175. The molecule has 0 radical (unpaired) electrons. The molecule has 2 aliphatic carbocycles. The fourth-order valence-electron chi connectivity index (χ4n) is 4.91. The summed E-state index contributed by atoms with van der Waals surface area (Å²) >= 11 is 0. The SMILES string of the molecule is N#Cc1cc(NC(=O)N2CCc3[nH]nc(C45CCCC4C5)c3C2)ccc1F. The molecule has 2 amide bonds. The van der Waals surface area contributed by atoms with Crippen molar-refractivity contribution < 1.29 is 9.18 Å². The van der Waals surface area contributed by atoms with Crippen LogP contribution < -0.4 is 5.32 Å². The molecule has 2 fully saturated rings. The number of urea groups is 1. The first-order chi connectivity index (χ1) is 13.1.